The first-order valence-electron chi connectivity index (χ1n) is 6.93. The first kappa shape index (κ1) is 16.7. The Morgan fingerprint density at radius 3 is 2.77 bits per heavy atom. The topological polar surface area (TPSA) is 70.7 Å². The van der Waals surface area contributed by atoms with Crippen molar-refractivity contribution in [2.75, 3.05) is 5.32 Å². The Hall–Kier alpha value is -1.65. The van der Waals surface area contributed by atoms with Gasteiger partial charge in [-0.3, -0.25) is 9.48 Å². The molecule has 2 heterocycles. The number of nitriles is 1. The van der Waals surface area contributed by atoms with Gasteiger partial charge < -0.3 is 5.32 Å². The Labute approximate surface area is 142 Å². The third-order valence-corrected chi connectivity index (χ3v) is 5.48. The summed E-state index contributed by atoms with van der Waals surface area (Å²) >= 11 is 4.84. The monoisotopic (exact) mass is 380 g/mol. The van der Waals surface area contributed by atoms with E-state index in [9.17, 15) is 10.1 Å². The highest BCUT2D eigenvalue weighted by atomic mass is 79.9. The molecular formula is C15H17BrN4OS. The number of halogens is 1. The Morgan fingerprint density at radius 1 is 1.59 bits per heavy atom. The van der Waals surface area contributed by atoms with Crippen molar-refractivity contribution in [1.82, 2.24) is 9.78 Å². The molecule has 1 N–H and O–H groups in total. The predicted octanol–water partition coefficient (Wildman–Crippen LogP) is 3.96. The lowest BCUT2D eigenvalue weighted by atomic mass is 10.1. The van der Waals surface area contributed by atoms with Crippen molar-refractivity contribution in [3.63, 3.8) is 0 Å². The van der Waals surface area contributed by atoms with E-state index >= 15 is 0 Å². The molecule has 22 heavy (non-hydrogen) atoms. The molecule has 0 aliphatic rings. The highest BCUT2D eigenvalue weighted by Gasteiger charge is 2.22. The maximum Gasteiger partial charge on any atom is 0.249 e. The van der Waals surface area contributed by atoms with Crippen LogP contribution >= 0.6 is 27.3 Å². The largest absolute Gasteiger partial charge is 0.315 e. The van der Waals surface area contributed by atoms with Crippen LogP contribution in [0.3, 0.4) is 0 Å². The molecule has 0 unspecified atom stereocenters. The number of aryl methyl sites for hydroxylation is 1. The van der Waals surface area contributed by atoms with Gasteiger partial charge in [-0.1, -0.05) is 6.92 Å². The number of aromatic nitrogens is 2. The Balaban J connectivity index is 2.26. The van der Waals surface area contributed by atoms with Gasteiger partial charge in [0.1, 0.15) is 17.1 Å². The maximum absolute atomic E-state index is 12.5. The van der Waals surface area contributed by atoms with Crippen molar-refractivity contribution in [2.45, 2.75) is 40.2 Å². The van der Waals surface area contributed by atoms with Gasteiger partial charge in [0, 0.05) is 4.88 Å². The second-order valence-electron chi connectivity index (χ2n) is 4.99. The number of nitrogens with zero attached hydrogens (tertiary/aromatic N) is 3. The molecule has 2 aromatic rings. The van der Waals surface area contributed by atoms with E-state index in [1.165, 1.54) is 11.3 Å². The van der Waals surface area contributed by atoms with E-state index in [2.05, 4.69) is 32.4 Å². The quantitative estimate of drug-likeness (QED) is 0.872. The smallest absolute Gasteiger partial charge is 0.249 e. The van der Waals surface area contributed by atoms with Crippen LogP contribution in [-0.4, -0.2) is 15.7 Å². The summed E-state index contributed by atoms with van der Waals surface area (Å²) in [4.78, 5) is 13.5. The van der Waals surface area contributed by atoms with E-state index in [1.54, 1.807) is 17.8 Å². The van der Waals surface area contributed by atoms with E-state index in [1.807, 2.05) is 20.8 Å². The van der Waals surface area contributed by atoms with Gasteiger partial charge in [0.05, 0.1) is 21.9 Å². The lowest BCUT2D eigenvalue weighted by Crippen LogP contribution is -2.25. The minimum atomic E-state index is -0.453. The molecule has 5 nitrogen and oxygen atoms in total. The molecule has 0 spiro atoms. The highest BCUT2D eigenvalue weighted by Crippen LogP contribution is 2.33. The molecular weight excluding hydrogens is 364 g/mol. The molecule has 116 valence electrons. The molecule has 7 heteroatoms. The summed E-state index contributed by atoms with van der Waals surface area (Å²) in [5.41, 5.74) is 2.47. The van der Waals surface area contributed by atoms with Crippen LogP contribution in [0.2, 0.25) is 0 Å². The molecule has 0 fully saturated rings. The van der Waals surface area contributed by atoms with Crippen LogP contribution in [0, 0.1) is 25.2 Å². The van der Waals surface area contributed by atoms with Gasteiger partial charge in [-0.15, -0.1) is 11.3 Å². The van der Waals surface area contributed by atoms with Crippen LogP contribution in [0.4, 0.5) is 5.00 Å². The summed E-state index contributed by atoms with van der Waals surface area (Å²) in [6, 6.07) is 1.75. The van der Waals surface area contributed by atoms with Crippen LogP contribution in [0.25, 0.3) is 0 Å². The number of anilines is 1. The molecule has 2 aromatic heterocycles. The third-order valence-electron chi connectivity index (χ3n) is 3.64. The normalized spacial score (nSPS) is 12.0. The standard InChI is InChI=1S/C15H17BrN4OS/c1-5-11-10(4)22-15(12(11)6-17)19-14(21)9(3)20-8(2)13(16)7-18-20/h7,9H,5H2,1-4H3,(H,19,21)/t9-/m1/s1. The zero-order valence-corrected chi connectivity index (χ0v) is 15.3. The Morgan fingerprint density at radius 2 is 2.27 bits per heavy atom. The van der Waals surface area contributed by atoms with E-state index in [0.29, 0.717) is 10.6 Å². The number of carbonyl (C=O) groups is 1. The van der Waals surface area contributed by atoms with Crippen LogP contribution in [-0.2, 0) is 11.2 Å². The van der Waals surface area contributed by atoms with Gasteiger partial charge in [0.15, 0.2) is 0 Å². The van der Waals surface area contributed by atoms with E-state index in [0.717, 1.165) is 27.0 Å². The number of hydrogen-bond donors (Lipinski definition) is 1. The summed E-state index contributed by atoms with van der Waals surface area (Å²) in [5.74, 6) is -0.181. The number of amides is 1. The van der Waals surface area contributed by atoms with Crippen molar-refractivity contribution in [3.05, 3.63) is 32.4 Å². The summed E-state index contributed by atoms with van der Waals surface area (Å²) < 4.78 is 2.53. The molecule has 0 bridgehead atoms. The molecule has 0 saturated heterocycles. The fourth-order valence-electron chi connectivity index (χ4n) is 2.33. The van der Waals surface area contributed by atoms with Crippen molar-refractivity contribution in [2.24, 2.45) is 0 Å². The van der Waals surface area contributed by atoms with E-state index in [4.69, 9.17) is 0 Å². The van der Waals surface area contributed by atoms with Crippen molar-refractivity contribution in [1.29, 1.82) is 5.26 Å². The zero-order valence-electron chi connectivity index (χ0n) is 12.9. The van der Waals surface area contributed by atoms with Crippen LogP contribution in [0.15, 0.2) is 10.7 Å². The van der Waals surface area contributed by atoms with E-state index < -0.39 is 6.04 Å². The average molecular weight is 381 g/mol. The molecule has 0 radical (unpaired) electrons. The average Bonchev–Trinajstić information content (AvgIpc) is 2.98. The fraction of sp³-hybridized carbons (Fsp3) is 0.400. The summed E-state index contributed by atoms with van der Waals surface area (Å²) in [7, 11) is 0. The highest BCUT2D eigenvalue weighted by molar-refractivity contribution is 9.10. The zero-order chi connectivity index (χ0) is 16.4. The van der Waals surface area contributed by atoms with Crippen LogP contribution in [0.1, 0.15) is 41.6 Å². The molecule has 1 amide bonds. The first-order valence-corrected chi connectivity index (χ1v) is 8.54. The molecule has 0 aliphatic heterocycles. The molecule has 0 saturated carbocycles. The summed E-state index contributed by atoms with van der Waals surface area (Å²) in [5, 5.41) is 17.0. The number of carbonyl (C=O) groups excluding carboxylic acids is 1. The van der Waals surface area contributed by atoms with E-state index in [-0.39, 0.29) is 5.91 Å². The molecule has 0 aliphatic carbocycles. The minimum Gasteiger partial charge on any atom is -0.315 e. The predicted molar refractivity (Wildman–Crippen MR) is 91.2 cm³/mol. The van der Waals surface area contributed by atoms with Crippen LogP contribution in [0.5, 0.6) is 0 Å². The third kappa shape index (κ3) is 2.94. The van der Waals surface area contributed by atoms with Gasteiger partial charge in [0.2, 0.25) is 5.91 Å². The van der Waals surface area contributed by atoms with Crippen LogP contribution < -0.4 is 5.32 Å². The summed E-state index contributed by atoms with van der Waals surface area (Å²) in [6.07, 6.45) is 2.45. The Kier molecular flexibility index (Phi) is 5.04. The fourth-order valence-corrected chi connectivity index (χ4v) is 3.70. The first-order chi connectivity index (χ1) is 10.4. The Bertz CT molecular complexity index is 756. The SMILES string of the molecule is CCc1c(C)sc(NC(=O)[C@@H](C)n2ncc(Br)c2C)c1C#N. The number of hydrogen-bond acceptors (Lipinski definition) is 4. The lowest BCUT2D eigenvalue weighted by molar-refractivity contribution is -0.119. The van der Waals surface area contributed by atoms with Gasteiger partial charge >= 0.3 is 0 Å². The molecule has 0 aromatic carbocycles. The maximum atomic E-state index is 12.5. The molecule has 1 atom stereocenters. The van der Waals surface area contributed by atoms with Crippen molar-refractivity contribution >= 4 is 38.2 Å². The van der Waals surface area contributed by atoms with Crippen molar-refractivity contribution in [3.8, 4) is 6.07 Å². The number of thiophene rings is 1. The lowest BCUT2D eigenvalue weighted by Gasteiger charge is -2.14. The van der Waals surface area contributed by atoms with Gasteiger partial charge in [-0.25, -0.2) is 0 Å². The van der Waals surface area contributed by atoms with Crippen molar-refractivity contribution < 1.29 is 4.79 Å². The van der Waals surface area contributed by atoms with Gasteiger partial charge in [-0.2, -0.15) is 10.4 Å². The number of rotatable bonds is 4. The summed E-state index contributed by atoms with van der Waals surface area (Å²) in [6.45, 7) is 7.66. The second-order valence-corrected chi connectivity index (χ2v) is 7.07. The van der Waals surface area contributed by atoms with Gasteiger partial charge in [-0.05, 0) is 48.7 Å². The molecule has 2 rings (SSSR count). The second kappa shape index (κ2) is 6.63. The minimum absolute atomic E-state index is 0.181. The number of nitrogens with one attached hydrogen (secondary N) is 1. The van der Waals surface area contributed by atoms with Gasteiger partial charge in [0.25, 0.3) is 0 Å².